The van der Waals surface area contributed by atoms with Crippen LogP contribution in [0, 0.1) is 0 Å². The van der Waals surface area contributed by atoms with Gasteiger partial charge in [-0.1, -0.05) is 60.7 Å². The highest BCUT2D eigenvalue weighted by molar-refractivity contribution is 5.76. The van der Waals surface area contributed by atoms with Crippen molar-refractivity contribution < 1.29 is 32.3 Å². The van der Waals surface area contributed by atoms with Crippen molar-refractivity contribution in [1.82, 2.24) is 14.6 Å². The van der Waals surface area contributed by atoms with Crippen molar-refractivity contribution in [3.05, 3.63) is 89.5 Å². The largest absolute Gasteiger partial charge is 0.493 e. The number of carbonyl (C=O) groups excluding carboxylic acids is 2. The molecule has 7 nitrogen and oxygen atoms in total. The number of halogens is 3. The second kappa shape index (κ2) is 8.74. The first-order chi connectivity index (χ1) is 15.3. The van der Waals surface area contributed by atoms with Gasteiger partial charge in [0, 0.05) is 13.0 Å². The molecular weight excluding hydrogens is 427 g/mol. The fourth-order valence-corrected chi connectivity index (χ4v) is 3.53. The van der Waals surface area contributed by atoms with Gasteiger partial charge in [0.05, 0.1) is 11.4 Å². The first-order valence-electron chi connectivity index (χ1n) is 9.72. The van der Waals surface area contributed by atoms with E-state index in [1.807, 2.05) is 30.3 Å². The van der Waals surface area contributed by atoms with E-state index in [0.717, 1.165) is 11.9 Å². The van der Waals surface area contributed by atoms with E-state index < -0.39 is 24.3 Å². The van der Waals surface area contributed by atoms with Crippen molar-refractivity contribution in [2.45, 2.75) is 25.2 Å². The molecule has 166 valence electrons. The van der Waals surface area contributed by atoms with Gasteiger partial charge in [-0.15, -0.1) is 0 Å². The number of fused-ring (bicyclic) bond motifs is 1. The van der Waals surface area contributed by atoms with Crippen LogP contribution in [0.1, 0.15) is 28.6 Å². The summed E-state index contributed by atoms with van der Waals surface area (Å²) in [6.07, 6.45) is -4.60. The van der Waals surface area contributed by atoms with Crippen LogP contribution in [0.25, 0.3) is 0 Å². The van der Waals surface area contributed by atoms with Crippen molar-refractivity contribution >= 4 is 12.1 Å². The Balaban J connectivity index is 1.61. The summed E-state index contributed by atoms with van der Waals surface area (Å²) in [6, 6.07) is 17.4. The summed E-state index contributed by atoms with van der Waals surface area (Å²) in [6.45, 7) is 0.206. The third-order valence-corrected chi connectivity index (χ3v) is 4.99. The quantitative estimate of drug-likeness (QED) is 0.613. The topological polar surface area (TPSA) is 73.7 Å². The summed E-state index contributed by atoms with van der Waals surface area (Å²) < 4.78 is 44.1. The number of amides is 1. The van der Waals surface area contributed by atoms with Crippen LogP contribution in [0.5, 0.6) is 0 Å². The average Bonchev–Trinajstić information content (AvgIpc) is 3.20. The number of alkyl halides is 3. The highest BCUT2D eigenvalue weighted by Gasteiger charge is 2.43. The zero-order valence-electron chi connectivity index (χ0n) is 16.7. The zero-order chi connectivity index (χ0) is 22.7. The summed E-state index contributed by atoms with van der Waals surface area (Å²) in [7, 11) is 0. The molecule has 32 heavy (non-hydrogen) atoms. The van der Waals surface area contributed by atoms with E-state index in [9.17, 15) is 22.8 Å². The predicted octanol–water partition coefficient (Wildman–Crippen LogP) is 3.68. The number of rotatable bonds is 4. The van der Waals surface area contributed by atoms with Gasteiger partial charge in [0.2, 0.25) is 0 Å². The highest BCUT2D eigenvalue weighted by atomic mass is 19.4. The molecule has 1 amide bonds. The molecule has 1 unspecified atom stereocenters. The third-order valence-electron chi connectivity index (χ3n) is 4.99. The molecule has 0 saturated carbocycles. The van der Waals surface area contributed by atoms with E-state index >= 15 is 0 Å². The maximum atomic E-state index is 12.9. The van der Waals surface area contributed by atoms with E-state index in [0.29, 0.717) is 16.0 Å². The molecule has 1 atom stereocenters. The summed E-state index contributed by atoms with van der Waals surface area (Å²) in [4.78, 5) is 34.3. The van der Waals surface area contributed by atoms with Crippen LogP contribution in [0.4, 0.5) is 18.0 Å². The van der Waals surface area contributed by atoms with Crippen molar-refractivity contribution in [3.63, 3.8) is 0 Å². The monoisotopic (exact) mass is 445 g/mol. The molecule has 0 N–H and O–H groups in total. The van der Waals surface area contributed by atoms with Gasteiger partial charge in [-0.05, 0) is 11.1 Å². The molecular formula is C22H18F3N3O4. The number of imidazole rings is 1. The molecule has 0 aliphatic carbocycles. The molecule has 0 radical (unpaired) electrons. The number of aromatic nitrogens is 2. The molecule has 1 aromatic heterocycles. The third kappa shape index (κ3) is 4.43. The number of benzene rings is 2. The standard InChI is InChI=1S/C22H18F3N3O4/c23-22(24,25)20(29)32-28-14-26-18-17(28)11-12-27(19(18)16-9-5-2-6-10-16)21(30)31-13-15-7-3-1-4-8-15/h1-10,14,19H,11-13H2. The average molecular weight is 445 g/mol. The second-order valence-electron chi connectivity index (χ2n) is 7.08. The van der Waals surface area contributed by atoms with Crippen LogP contribution in [-0.2, 0) is 22.6 Å². The first kappa shape index (κ1) is 21.4. The fraction of sp³-hybridized carbons (Fsp3) is 0.227. The number of ether oxygens (including phenoxy) is 1. The molecule has 3 aromatic rings. The number of carbonyl (C=O) groups is 2. The van der Waals surface area contributed by atoms with Crippen molar-refractivity contribution in [2.75, 3.05) is 6.54 Å². The summed E-state index contributed by atoms with van der Waals surface area (Å²) in [5, 5.41) is 0. The van der Waals surface area contributed by atoms with Crippen molar-refractivity contribution in [3.8, 4) is 0 Å². The van der Waals surface area contributed by atoms with E-state index in [4.69, 9.17) is 4.74 Å². The van der Waals surface area contributed by atoms with Gasteiger partial charge in [-0.3, -0.25) is 4.90 Å². The van der Waals surface area contributed by atoms with Gasteiger partial charge in [0.1, 0.15) is 19.0 Å². The van der Waals surface area contributed by atoms with Gasteiger partial charge in [0.15, 0.2) is 0 Å². The molecule has 1 aliphatic heterocycles. The van der Waals surface area contributed by atoms with Crippen LogP contribution < -0.4 is 4.84 Å². The van der Waals surface area contributed by atoms with Crippen LogP contribution >= 0.6 is 0 Å². The highest BCUT2D eigenvalue weighted by Crippen LogP contribution is 2.34. The maximum Gasteiger partial charge on any atom is 0.493 e. The molecule has 0 spiro atoms. The van der Waals surface area contributed by atoms with E-state index in [-0.39, 0.29) is 25.3 Å². The van der Waals surface area contributed by atoms with E-state index in [2.05, 4.69) is 9.82 Å². The Hall–Kier alpha value is -3.82. The van der Waals surface area contributed by atoms with Crippen LogP contribution in [-0.4, -0.2) is 39.4 Å². The lowest BCUT2D eigenvalue weighted by Crippen LogP contribution is -2.42. The van der Waals surface area contributed by atoms with Gasteiger partial charge in [0.25, 0.3) is 0 Å². The Labute approximate surface area is 180 Å². The lowest BCUT2D eigenvalue weighted by Gasteiger charge is -2.34. The minimum absolute atomic E-state index is 0.0716. The molecule has 10 heteroatoms. The fourth-order valence-electron chi connectivity index (χ4n) is 3.53. The number of hydrogen-bond donors (Lipinski definition) is 0. The van der Waals surface area contributed by atoms with Crippen LogP contribution in [0.2, 0.25) is 0 Å². The normalized spacial score (nSPS) is 15.7. The number of hydrogen-bond acceptors (Lipinski definition) is 5. The summed E-state index contributed by atoms with van der Waals surface area (Å²) >= 11 is 0. The van der Waals surface area contributed by atoms with Crippen LogP contribution in [0.15, 0.2) is 67.0 Å². The van der Waals surface area contributed by atoms with Crippen LogP contribution in [0.3, 0.4) is 0 Å². The lowest BCUT2D eigenvalue weighted by atomic mass is 9.96. The zero-order valence-corrected chi connectivity index (χ0v) is 16.7. The van der Waals surface area contributed by atoms with Gasteiger partial charge in [-0.2, -0.15) is 17.9 Å². The Kier molecular flexibility index (Phi) is 5.85. The first-order valence-corrected chi connectivity index (χ1v) is 9.72. The predicted molar refractivity (Wildman–Crippen MR) is 105 cm³/mol. The van der Waals surface area contributed by atoms with Crippen molar-refractivity contribution in [2.24, 2.45) is 0 Å². The van der Waals surface area contributed by atoms with Gasteiger partial charge in [-0.25, -0.2) is 14.6 Å². The number of nitrogens with zero attached hydrogens (tertiary/aromatic N) is 3. The SMILES string of the molecule is O=C(OCc1ccccc1)N1CCc2c(ncn2OC(=O)C(F)(F)F)C1c1ccccc1. The second-order valence-corrected chi connectivity index (χ2v) is 7.08. The summed E-state index contributed by atoms with van der Waals surface area (Å²) in [5.74, 6) is -2.35. The Morgan fingerprint density at radius 2 is 1.69 bits per heavy atom. The van der Waals surface area contributed by atoms with E-state index in [1.54, 1.807) is 30.3 Å². The summed E-state index contributed by atoms with van der Waals surface area (Å²) in [5.41, 5.74) is 2.10. The molecule has 0 fully saturated rings. The molecule has 0 saturated heterocycles. The lowest BCUT2D eigenvalue weighted by molar-refractivity contribution is -0.200. The molecule has 1 aliphatic rings. The van der Waals surface area contributed by atoms with E-state index in [1.165, 1.54) is 4.90 Å². The van der Waals surface area contributed by atoms with Gasteiger partial charge >= 0.3 is 18.2 Å². The van der Waals surface area contributed by atoms with Crippen molar-refractivity contribution in [1.29, 1.82) is 0 Å². The minimum Gasteiger partial charge on any atom is -0.445 e. The Bertz CT molecular complexity index is 1100. The maximum absolute atomic E-state index is 12.9. The molecule has 4 rings (SSSR count). The molecule has 2 aromatic carbocycles. The molecule has 0 bridgehead atoms. The Morgan fingerprint density at radius 1 is 1.03 bits per heavy atom. The smallest absolute Gasteiger partial charge is 0.445 e. The van der Waals surface area contributed by atoms with Gasteiger partial charge < -0.3 is 9.57 Å². The minimum atomic E-state index is -5.14. The Morgan fingerprint density at radius 3 is 2.34 bits per heavy atom. The molecule has 2 heterocycles.